The lowest BCUT2D eigenvalue weighted by molar-refractivity contribution is -0.145. The van der Waals surface area contributed by atoms with Crippen LogP contribution in [0.25, 0.3) is 0 Å². The number of hydrogen-bond acceptors (Lipinski definition) is 3. The van der Waals surface area contributed by atoms with Crippen molar-refractivity contribution < 1.29 is 18.3 Å². The summed E-state index contributed by atoms with van der Waals surface area (Å²) in [5.41, 5.74) is 0.0144. The first-order valence-electron chi connectivity index (χ1n) is 7.96. The second-order valence-corrected chi connectivity index (χ2v) is 8.95. The van der Waals surface area contributed by atoms with Gasteiger partial charge in [0.15, 0.2) is 0 Å². The molecule has 1 aromatic carbocycles. The molecule has 2 rings (SSSR count). The Bertz CT molecular complexity index is 632. The van der Waals surface area contributed by atoms with Crippen LogP contribution in [0.2, 0.25) is 0 Å². The maximum atomic E-state index is 12.4. The van der Waals surface area contributed by atoms with Crippen molar-refractivity contribution in [2.24, 2.45) is 11.3 Å². The standard InChI is InChI=1S/C17H25NO4S/c1-17(2,16(19)20)13-23(21,22)18-10-8-15(9-11-18)12-14-6-4-3-5-7-14/h3-7,15H,8-13H2,1-2H3,(H,19,20). The van der Waals surface area contributed by atoms with Gasteiger partial charge in [-0.15, -0.1) is 0 Å². The van der Waals surface area contributed by atoms with Crippen molar-refractivity contribution in [3.05, 3.63) is 35.9 Å². The molecule has 0 aromatic heterocycles. The minimum absolute atomic E-state index is 0.349. The molecule has 0 aliphatic carbocycles. The van der Waals surface area contributed by atoms with Crippen molar-refractivity contribution >= 4 is 16.0 Å². The molecular weight excluding hydrogens is 314 g/mol. The Balaban J connectivity index is 1.92. The number of piperidine rings is 1. The van der Waals surface area contributed by atoms with Crippen molar-refractivity contribution in [3.8, 4) is 0 Å². The number of rotatable bonds is 6. The van der Waals surface area contributed by atoms with Gasteiger partial charge in [-0.1, -0.05) is 30.3 Å². The number of aliphatic carboxylic acids is 1. The molecule has 1 heterocycles. The molecule has 6 heteroatoms. The molecule has 1 aliphatic rings. The average Bonchev–Trinajstić information content (AvgIpc) is 2.47. The van der Waals surface area contributed by atoms with Gasteiger partial charge in [0.2, 0.25) is 10.0 Å². The molecule has 23 heavy (non-hydrogen) atoms. The van der Waals surface area contributed by atoms with E-state index in [1.54, 1.807) is 0 Å². The number of nitrogens with zero attached hydrogens (tertiary/aromatic N) is 1. The van der Waals surface area contributed by atoms with Gasteiger partial charge in [-0.25, -0.2) is 12.7 Å². The van der Waals surface area contributed by atoms with E-state index in [1.165, 1.54) is 23.7 Å². The monoisotopic (exact) mass is 339 g/mol. The van der Waals surface area contributed by atoms with Crippen molar-refractivity contribution in [2.45, 2.75) is 33.1 Å². The topological polar surface area (TPSA) is 74.7 Å². The first-order chi connectivity index (χ1) is 10.7. The number of carboxylic acid groups (broad SMARTS) is 1. The Morgan fingerprint density at radius 1 is 1.22 bits per heavy atom. The Morgan fingerprint density at radius 3 is 2.30 bits per heavy atom. The molecule has 1 aliphatic heterocycles. The lowest BCUT2D eigenvalue weighted by Crippen LogP contribution is -2.44. The molecule has 0 radical (unpaired) electrons. The van der Waals surface area contributed by atoms with Crippen LogP contribution in [0.5, 0.6) is 0 Å². The molecule has 1 saturated heterocycles. The van der Waals surface area contributed by atoms with Gasteiger partial charge in [0, 0.05) is 13.1 Å². The Kier molecular flexibility index (Phi) is 5.47. The van der Waals surface area contributed by atoms with Gasteiger partial charge < -0.3 is 5.11 Å². The summed E-state index contributed by atoms with van der Waals surface area (Å²) < 4.78 is 26.3. The SMILES string of the molecule is CC(C)(CS(=O)(=O)N1CCC(Cc2ccccc2)CC1)C(=O)O. The summed E-state index contributed by atoms with van der Waals surface area (Å²) in [5, 5.41) is 9.13. The number of hydrogen-bond donors (Lipinski definition) is 1. The van der Waals surface area contributed by atoms with Gasteiger partial charge in [-0.05, 0) is 44.6 Å². The Morgan fingerprint density at radius 2 is 1.78 bits per heavy atom. The fourth-order valence-corrected chi connectivity index (χ4v) is 4.93. The zero-order chi connectivity index (χ0) is 17.1. The summed E-state index contributed by atoms with van der Waals surface area (Å²) in [6, 6.07) is 10.2. The van der Waals surface area contributed by atoms with Crippen molar-refractivity contribution in [1.29, 1.82) is 0 Å². The van der Waals surface area contributed by atoms with E-state index in [1.807, 2.05) is 18.2 Å². The summed E-state index contributed by atoms with van der Waals surface area (Å²) in [4.78, 5) is 11.2. The quantitative estimate of drug-likeness (QED) is 0.863. The van der Waals surface area contributed by atoms with E-state index >= 15 is 0 Å². The minimum atomic E-state index is -3.53. The van der Waals surface area contributed by atoms with Crippen molar-refractivity contribution in [2.75, 3.05) is 18.8 Å². The third-order valence-electron chi connectivity index (χ3n) is 4.46. The highest BCUT2D eigenvalue weighted by atomic mass is 32.2. The summed E-state index contributed by atoms with van der Waals surface area (Å²) in [7, 11) is -3.53. The smallest absolute Gasteiger partial charge is 0.310 e. The van der Waals surface area contributed by atoms with Crippen LogP contribution in [-0.2, 0) is 21.2 Å². The Labute approximate surface area is 138 Å². The molecule has 128 valence electrons. The summed E-state index contributed by atoms with van der Waals surface area (Å²) in [6.45, 7) is 3.87. The van der Waals surface area contributed by atoms with Crippen LogP contribution in [0.15, 0.2) is 30.3 Å². The fourth-order valence-electron chi connectivity index (χ4n) is 2.95. The molecule has 0 amide bonds. The van der Waals surface area contributed by atoms with Gasteiger partial charge >= 0.3 is 5.97 Å². The first-order valence-corrected chi connectivity index (χ1v) is 9.57. The van der Waals surface area contributed by atoms with Gasteiger partial charge in [-0.2, -0.15) is 0 Å². The molecule has 0 bridgehead atoms. The maximum absolute atomic E-state index is 12.4. The highest BCUT2D eigenvalue weighted by molar-refractivity contribution is 7.89. The predicted octanol–water partition coefficient (Wildman–Crippen LogP) is 2.38. The maximum Gasteiger partial charge on any atom is 0.310 e. The van der Waals surface area contributed by atoms with Gasteiger partial charge in [-0.3, -0.25) is 4.79 Å². The lowest BCUT2D eigenvalue weighted by Gasteiger charge is -2.33. The fraction of sp³-hybridized carbons (Fsp3) is 0.588. The third-order valence-corrected chi connectivity index (χ3v) is 6.69. The summed E-state index contributed by atoms with van der Waals surface area (Å²) >= 11 is 0. The minimum Gasteiger partial charge on any atom is -0.481 e. The molecule has 0 atom stereocenters. The van der Waals surface area contributed by atoms with Crippen molar-refractivity contribution in [1.82, 2.24) is 4.31 Å². The molecule has 0 unspecified atom stereocenters. The molecule has 0 saturated carbocycles. The van der Waals surface area contributed by atoms with E-state index in [-0.39, 0.29) is 5.75 Å². The molecule has 1 fully saturated rings. The second-order valence-electron chi connectivity index (χ2n) is 6.98. The number of sulfonamides is 1. The van der Waals surface area contributed by atoms with E-state index in [0.717, 1.165) is 19.3 Å². The average molecular weight is 339 g/mol. The second kappa shape index (κ2) is 7.01. The molecule has 5 nitrogen and oxygen atoms in total. The molecule has 1 aromatic rings. The summed E-state index contributed by atoms with van der Waals surface area (Å²) in [5.74, 6) is -0.949. The third kappa shape index (κ3) is 4.78. The number of benzene rings is 1. The normalized spacial score (nSPS) is 18.0. The Hall–Kier alpha value is -1.40. The zero-order valence-electron chi connectivity index (χ0n) is 13.7. The van der Waals surface area contributed by atoms with Gasteiger partial charge in [0.25, 0.3) is 0 Å². The van der Waals surface area contributed by atoms with E-state index in [2.05, 4.69) is 12.1 Å². The molecule has 1 N–H and O–H groups in total. The van der Waals surface area contributed by atoms with Crippen LogP contribution in [0.4, 0.5) is 0 Å². The largest absolute Gasteiger partial charge is 0.481 e. The van der Waals surface area contributed by atoms with E-state index in [0.29, 0.717) is 19.0 Å². The van der Waals surface area contributed by atoms with E-state index in [4.69, 9.17) is 5.11 Å². The van der Waals surface area contributed by atoms with Crippen LogP contribution in [0, 0.1) is 11.3 Å². The van der Waals surface area contributed by atoms with Crippen LogP contribution >= 0.6 is 0 Å². The number of carbonyl (C=O) groups is 1. The van der Waals surface area contributed by atoms with Crippen LogP contribution in [-0.4, -0.2) is 42.6 Å². The van der Waals surface area contributed by atoms with E-state index < -0.39 is 21.4 Å². The van der Waals surface area contributed by atoms with Crippen LogP contribution < -0.4 is 0 Å². The zero-order valence-corrected chi connectivity index (χ0v) is 14.6. The predicted molar refractivity (Wildman–Crippen MR) is 89.6 cm³/mol. The van der Waals surface area contributed by atoms with Gasteiger partial charge in [0.1, 0.15) is 0 Å². The van der Waals surface area contributed by atoms with Crippen molar-refractivity contribution in [3.63, 3.8) is 0 Å². The van der Waals surface area contributed by atoms with Crippen LogP contribution in [0.3, 0.4) is 0 Å². The van der Waals surface area contributed by atoms with Crippen LogP contribution in [0.1, 0.15) is 32.3 Å². The summed E-state index contributed by atoms with van der Waals surface area (Å²) in [6.07, 6.45) is 2.61. The van der Waals surface area contributed by atoms with Gasteiger partial charge in [0.05, 0.1) is 11.2 Å². The first kappa shape index (κ1) is 17.9. The lowest BCUT2D eigenvalue weighted by atomic mass is 9.91. The number of carboxylic acids is 1. The van der Waals surface area contributed by atoms with E-state index in [9.17, 15) is 13.2 Å². The molecule has 0 spiro atoms. The highest BCUT2D eigenvalue weighted by Gasteiger charge is 2.37. The molecular formula is C17H25NO4S. The highest BCUT2D eigenvalue weighted by Crippen LogP contribution is 2.26.